The van der Waals surface area contributed by atoms with Crippen LogP contribution in [0.2, 0.25) is 0 Å². The second-order valence-corrected chi connectivity index (χ2v) is 8.89. The van der Waals surface area contributed by atoms with Gasteiger partial charge in [-0.25, -0.2) is 4.39 Å². The van der Waals surface area contributed by atoms with Gasteiger partial charge in [0.25, 0.3) is 5.91 Å². The Morgan fingerprint density at radius 2 is 2.07 bits per heavy atom. The fourth-order valence-electron chi connectivity index (χ4n) is 2.87. The molecule has 0 saturated heterocycles. The van der Waals surface area contributed by atoms with Gasteiger partial charge >= 0.3 is 0 Å². The number of amides is 2. The lowest BCUT2D eigenvalue weighted by molar-refractivity contribution is -0.115. The van der Waals surface area contributed by atoms with Crippen molar-refractivity contribution in [3.8, 4) is 11.4 Å². The van der Waals surface area contributed by atoms with Crippen LogP contribution in [0.1, 0.15) is 36.2 Å². The van der Waals surface area contributed by atoms with Gasteiger partial charge in [-0.3, -0.25) is 14.2 Å². The van der Waals surface area contributed by atoms with Crippen molar-refractivity contribution in [2.75, 3.05) is 5.32 Å². The maximum Gasteiger partial charge on any atom is 0.251 e. The number of carbonyl (C=O) groups is 2. The zero-order chi connectivity index (χ0) is 20.5. The van der Waals surface area contributed by atoms with Crippen LogP contribution in [0.5, 0.6) is 0 Å². The lowest BCUT2D eigenvalue weighted by atomic mass is 10.2. The number of nitrogens with one attached hydrogen (secondary N) is 1. The van der Waals surface area contributed by atoms with Crippen molar-refractivity contribution >= 4 is 39.9 Å². The lowest BCUT2D eigenvalue weighted by Gasteiger charge is -2.13. The van der Waals surface area contributed by atoms with Crippen LogP contribution in [0.15, 0.2) is 40.9 Å². The Hall–Kier alpha value is -2.72. The number of thioether (sulfide) groups is 1. The van der Waals surface area contributed by atoms with E-state index in [1.807, 2.05) is 4.57 Å². The molecular formula is C19H18FN5O2S2. The minimum Gasteiger partial charge on any atom is -0.366 e. The quantitative estimate of drug-likeness (QED) is 0.555. The third-order valence-corrected chi connectivity index (χ3v) is 6.40. The van der Waals surface area contributed by atoms with Crippen molar-refractivity contribution in [1.82, 2.24) is 14.8 Å². The molecule has 2 heterocycles. The van der Waals surface area contributed by atoms with Crippen LogP contribution in [0.25, 0.3) is 11.4 Å². The minimum atomic E-state index is -0.593. The molecule has 7 nitrogen and oxygen atoms in total. The van der Waals surface area contributed by atoms with E-state index in [1.54, 1.807) is 36.6 Å². The number of hydrogen-bond donors (Lipinski definition) is 2. The summed E-state index contributed by atoms with van der Waals surface area (Å²) < 4.78 is 16.2. The fourth-order valence-corrected chi connectivity index (χ4v) is 4.59. The normalized spacial score (nSPS) is 14.6. The van der Waals surface area contributed by atoms with Crippen molar-refractivity contribution < 1.29 is 14.0 Å². The van der Waals surface area contributed by atoms with E-state index < -0.39 is 11.2 Å². The lowest BCUT2D eigenvalue weighted by Crippen LogP contribution is -2.24. The van der Waals surface area contributed by atoms with Gasteiger partial charge in [-0.15, -0.1) is 21.5 Å². The van der Waals surface area contributed by atoms with Gasteiger partial charge in [-0.1, -0.05) is 23.9 Å². The van der Waals surface area contributed by atoms with Gasteiger partial charge in [0.15, 0.2) is 11.0 Å². The number of thiophene rings is 1. The first-order valence-electron chi connectivity index (χ1n) is 9.00. The van der Waals surface area contributed by atoms with Crippen molar-refractivity contribution in [3.05, 3.63) is 47.1 Å². The molecule has 0 aliphatic heterocycles. The highest BCUT2D eigenvalue weighted by Gasteiger charge is 2.32. The van der Waals surface area contributed by atoms with Gasteiger partial charge in [-0.05, 0) is 43.3 Å². The van der Waals surface area contributed by atoms with Crippen molar-refractivity contribution in [2.45, 2.75) is 36.2 Å². The molecule has 3 N–H and O–H groups in total. The number of benzene rings is 1. The zero-order valence-corrected chi connectivity index (χ0v) is 17.1. The van der Waals surface area contributed by atoms with E-state index in [0.29, 0.717) is 21.5 Å². The molecule has 10 heteroatoms. The zero-order valence-electron chi connectivity index (χ0n) is 15.5. The van der Waals surface area contributed by atoms with Crippen LogP contribution in [0.4, 0.5) is 9.39 Å². The maximum atomic E-state index is 14.3. The van der Waals surface area contributed by atoms with E-state index in [2.05, 4.69) is 15.5 Å². The summed E-state index contributed by atoms with van der Waals surface area (Å²) >= 11 is 2.48. The number of nitrogens with two attached hydrogens (primary N) is 1. The average molecular weight is 432 g/mol. The number of carbonyl (C=O) groups excluding carboxylic acids is 2. The number of hydrogen-bond acceptors (Lipinski definition) is 6. The molecule has 1 atom stereocenters. The topological polar surface area (TPSA) is 103 Å². The molecule has 0 bridgehead atoms. The molecular weight excluding hydrogens is 413 g/mol. The molecule has 2 amide bonds. The molecule has 0 unspecified atom stereocenters. The molecule has 2 aromatic heterocycles. The summed E-state index contributed by atoms with van der Waals surface area (Å²) in [4.78, 5) is 24.1. The molecule has 1 saturated carbocycles. The van der Waals surface area contributed by atoms with Gasteiger partial charge in [0.05, 0.1) is 16.4 Å². The molecule has 0 spiro atoms. The van der Waals surface area contributed by atoms with Crippen LogP contribution < -0.4 is 11.1 Å². The third-order valence-electron chi connectivity index (χ3n) is 4.51. The van der Waals surface area contributed by atoms with E-state index in [9.17, 15) is 14.0 Å². The summed E-state index contributed by atoms with van der Waals surface area (Å²) in [6, 6.07) is 8.22. The van der Waals surface area contributed by atoms with Crippen LogP contribution in [-0.2, 0) is 4.79 Å². The molecule has 0 radical (unpaired) electrons. The Morgan fingerprint density at radius 3 is 2.76 bits per heavy atom. The van der Waals surface area contributed by atoms with Gasteiger partial charge in [0, 0.05) is 6.04 Å². The predicted octanol–water partition coefficient (Wildman–Crippen LogP) is 3.70. The van der Waals surface area contributed by atoms with Crippen LogP contribution >= 0.6 is 23.1 Å². The Labute approximate surface area is 174 Å². The van der Waals surface area contributed by atoms with E-state index in [1.165, 1.54) is 29.2 Å². The van der Waals surface area contributed by atoms with Crippen LogP contribution in [0, 0.1) is 5.82 Å². The molecule has 4 rings (SSSR count). The molecule has 29 heavy (non-hydrogen) atoms. The number of nitrogens with zero attached hydrogens (tertiary/aromatic N) is 3. The fraction of sp³-hybridized carbons (Fsp3) is 0.263. The monoisotopic (exact) mass is 431 g/mol. The Kier molecular flexibility index (Phi) is 5.37. The smallest absolute Gasteiger partial charge is 0.251 e. The van der Waals surface area contributed by atoms with E-state index >= 15 is 0 Å². The highest BCUT2D eigenvalue weighted by atomic mass is 32.2. The highest BCUT2D eigenvalue weighted by Crippen LogP contribution is 2.42. The Bertz CT molecular complexity index is 1080. The van der Waals surface area contributed by atoms with Gasteiger partial charge in [0.2, 0.25) is 5.91 Å². The predicted molar refractivity (Wildman–Crippen MR) is 110 cm³/mol. The SMILES string of the molecule is C[C@@H](Sc1nnc(-c2ccccc2F)n1C1CC1)C(=O)Nc1sccc1C(N)=O. The van der Waals surface area contributed by atoms with Gasteiger partial charge < -0.3 is 11.1 Å². The first kappa shape index (κ1) is 19.6. The number of aromatic nitrogens is 3. The first-order chi connectivity index (χ1) is 14.0. The number of halogens is 1. The largest absolute Gasteiger partial charge is 0.366 e. The Morgan fingerprint density at radius 1 is 1.31 bits per heavy atom. The molecule has 1 aliphatic carbocycles. The standard InChI is InChI=1S/C19H18FN5O2S2/c1-10(17(27)22-18-13(15(21)26)8-9-28-18)29-19-24-23-16(25(19)11-6-7-11)12-4-2-3-5-14(12)20/h2-5,8-11H,6-7H2,1H3,(H2,21,26)(H,22,27)/t10-/m1/s1. The molecule has 1 aliphatic rings. The van der Waals surface area contributed by atoms with E-state index in [0.717, 1.165) is 12.8 Å². The average Bonchev–Trinajstić information content (AvgIpc) is 3.27. The Balaban J connectivity index is 1.55. The summed E-state index contributed by atoms with van der Waals surface area (Å²) in [6.07, 6.45) is 1.93. The van der Waals surface area contributed by atoms with Gasteiger partial charge in [0.1, 0.15) is 10.8 Å². The van der Waals surface area contributed by atoms with Crippen LogP contribution in [-0.4, -0.2) is 31.8 Å². The maximum absolute atomic E-state index is 14.3. The summed E-state index contributed by atoms with van der Waals surface area (Å²) in [5.41, 5.74) is 5.99. The summed E-state index contributed by atoms with van der Waals surface area (Å²) in [5, 5.41) is 13.3. The first-order valence-corrected chi connectivity index (χ1v) is 10.8. The summed E-state index contributed by atoms with van der Waals surface area (Å²) in [6.45, 7) is 1.74. The number of primary amides is 1. The minimum absolute atomic E-state index is 0.205. The third kappa shape index (κ3) is 4.03. The molecule has 1 fully saturated rings. The van der Waals surface area contributed by atoms with Crippen molar-refractivity contribution in [1.29, 1.82) is 0 Å². The van der Waals surface area contributed by atoms with E-state index in [4.69, 9.17) is 5.73 Å². The second-order valence-electron chi connectivity index (χ2n) is 6.66. The molecule has 3 aromatic rings. The van der Waals surface area contributed by atoms with Crippen molar-refractivity contribution in [2.24, 2.45) is 5.73 Å². The highest BCUT2D eigenvalue weighted by molar-refractivity contribution is 8.00. The molecule has 1 aromatic carbocycles. The second kappa shape index (κ2) is 7.96. The van der Waals surface area contributed by atoms with Gasteiger partial charge in [-0.2, -0.15) is 0 Å². The number of anilines is 1. The molecule has 150 valence electrons. The summed E-state index contributed by atoms with van der Waals surface area (Å²) in [5.74, 6) is -0.765. The van der Waals surface area contributed by atoms with Crippen molar-refractivity contribution in [3.63, 3.8) is 0 Å². The number of rotatable bonds is 7. The van der Waals surface area contributed by atoms with E-state index in [-0.39, 0.29) is 23.3 Å². The summed E-state index contributed by atoms with van der Waals surface area (Å²) in [7, 11) is 0. The van der Waals surface area contributed by atoms with Crippen LogP contribution in [0.3, 0.4) is 0 Å².